The van der Waals surface area contributed by atoms with E-state index in [1.807, 2.05) is 30.3 Å². The molecule has 1 aliphatic heterocycles. The van der Waals surface area contributed by atoms with E-state index in [1.165, 1.54) is 6.07 Å². The third-order valence-electron chi connectivity index (χ3n) is 3.48. The number of halogens is 1. The number of benzene rings is 2. The van der Waals surface area contributed by atoms with Crippen molar-refractivity contribution in [3.8, 4) is 11.5 Å². The summed E-state index contributed by atoms with van der Waals surface area (Å²) in [5, 5.41) is 18.1. The second-order valence-corrected chi connectivity index (χ2v) is 5.32. The number of carboxylic acid groups (broad SMARTS) is 2. The van der Waals surface area contributed by atoms with Gasteiger partial charge in [-0.1, -0.05) is 24.3 Å². The minimum Gasteiger partial charge on any atom is -0.473 e. The van der Waals surface area contributed by atoms with Crippen molar-refractivity contribution in [1.29, 1.82) is 0 Å². The lowest BCUT2D eigenvalue weighted by Gasteiger charge is -2.06. The van der Waals surface area contributed by atoms with Crippen molar-refractivity contribution in [1.82, 2.24) is 5.32 Å². The summed E-state index contributed by atoms with van der Waals surface area (Å²) in [6.07, 6.45) is 0.678. The van der Waals surface area contributed by atoms with E-state index < -0.39 is 11.9 Å². The fourth-order valence-corrected chi connectivity index (χ4v) is 2.21. The van der Waals surface area contributed by atoms with E-state index in [4.69, 9.17) is 29.3 Å². The standard InChI is InChI=1S/C16H16FNO2.C2H2O4/c17-14-4-2-1-3-13(14)7-8-18-10-12-5-6-15-16(9-12)20-11-19-15;3-1(4)2(5)6/h1-6,9,18H,7-8,10-11H2;(H,3,4)(H,5,6). The van der Waals surface area contributed by atoms with Crippen LogP contribution in [0.15, 0.2) is 42.5 Å². The van der Waals surface area contributed by atoms with Crippen LogP contribution < -0.4 is 14.8 Å². The van der Waals surface area contributed by atoms with Gasteiger partial charge < -0.3 is 25.0 Å². The molecule has 8 heteroatoms. The quantitative estimate of drug-likeness (QED) is 0.551. The molecule has 0 atom stereocenters. The van der Waals surface area contributed by atoms with Crippen molar-refractivity contribution in [2.24, 2.45) is 0 Å². The summed E-state index contributed by atoms with van der Waals surface area (Å²) in [7, 11) is 0. The Morgan fingerprint density at radius 3 is 2.42 bits per heavy atom. The van der Waals surface area contributed by atoms with Crippen LogP contribution in [0.5, 0.6) is 11.5 Å². The van der Waals surface area contributed by atoms with Crippen molar-refractivity contribution in [2.75, 3.05) is 13.3 Å². The Balaban J connectivity index is 0.000000352. The number of carboxylic acids is 2. The molecule has 2 aromatic carbocycles. The molecule has 138 valence electrons. The molecule has 0 radical (unpaired) electrons. The van der Waals surface area contributed by atoms with Gasteiger partial charge in [-0.15, -0.1) is 0 Å². The second kappa shape index (κ2) is 9.38. The lowest BCUT2D eigenvalue weighted by Crippen LogP contribution is -2.17. The Morgan fingerprint density at radius 1 is 1.04 bits per heavy atom. The van der Waals surface area contributed by atoms with Gasteiger partial charge in [0.15, 0.2) is 11.5 Å². The average molecular weight is 363 g/mol. The molecule has 26 heavy (non-hydrogen) atoms. The highest BCUT2D eigenvalue weighted by Crippen LogP contribution is 2.32. The first-order valence-electron chi connectivity index (χ1n) is 7.76. The number of hydrogen-bond donors (Lipinski definition) is 3. The first-order chi connectivity index (χ1) is 12.5. The Morgan fingerprint density at radius 2 is 1.73 bits per heavy atom. The average Bonchev–Trinajstić information content (AvgIpc) is 3.08. The molecular weight excluding hydrogens is 345 g/mol. The molecular formula is C18H18FNO6. The van der Waals surface area contributed by atoms with Gasteiger partial charge in [0.05, 0.1) is 0 Å². The number of hydrogen-bond acceptors (Lipinski definition) is 5. The van der Waals surface area contributed by atoms with Crippen molar-refractivity contribution in [3.63, 3.8) is 0 Å². The maximum Gasteiger partial charge on any atom is 0.414 e. The van der Waals surface area contributed by atoms with Crippen molar-refractivity contribution < 1.29 is 33.7 Å². The van der Waals surface area contributed by atoms with Crippen molar-refractivity contribution in [2.45, 2.75) is 13.0 Å². The maximum atomic E-state index is 13.4. The number of aliphatic carboxylic acids is 2. The van der Waals surface area contributed by atoms with Gasteiger partial charge in [-0.25, -0.2) is 14.0 Å². The van der Waals surface area contributed by atoms with Crippen LogP contribution in [0.4, 0.5) is 4.39 Å². The Bertz CT molecular complexity index is 768. The zero-order chi connectivity index (χ0) is 18.9. The summed E-state index contributed by atoms with van der Waals surface area (Å²) in [6.45, 7) is 1.75. The predicted octanol–water partition coefficient (Wildman–Crippen LogP) is 2.04. The first kappa shape index (κ1) is 19.2. The molecule has 1 heterocycles. The van der Waals surface area contributed by atoms with E-state index >= 15 is 0 Å². The van der Waals surface area contributed by atoms with Gasteiger partial charge in [-0.2, -0.15) is 0 Å². The fraction of sp³-hybridized carbons (Fsp3) is 0.222. The topological polar surface area (TPSA) is 105 Å². The van der Waals surface area contributed by atoms with Gasteiger partial charge in [0, 0.05) is 6.54 Å². The lowest BCUT2D eigenvalue weighted by atomic mass is 10.1. The van der Waals surface area contributed by atoms with E-state index in [0.29, 0.717) is 13.2 Å². The normalized spacial score (nSPS) is 11.4. The third kappa shape index (κ3) is 5.75. The van der Waals surface area contributed by atoms with E-state index in [2.05, 4.69) is 5.32 Å². The second-order valence-electron chi connectivity index (χ2n) is 5.32. The number of fused-ring (bicyclic) bond motifs is 1. The number of nitrogens with one attached hydrogen (secondary N) is 1. The Hall–Kier alpha value is -3.13. The molecule has 2 aromatic rings. The van der Waals surface area contributed by atoms with Gasteiger partial charge in [0.1, 0.15) is 5.82 Å². The van der Waals surface area contributed by atoms with Gasteiger partial charge in [0.2, 0.25) is 6.79 Å². The van der Waals surface area contributed by atoms with Crippen LogP contribution in [0.3, 0.4) is 0 Å². The molecule has 7 nitrogen and oxygen atoms in total. The molecule has 0 amide bonds. The van der Waals surface area contributed by atoms with Crippen LogP contribution in [0.25, 0.3) is 0 Å². The molecule has 0 spiro atoms. The van der Waals surface area contributed by atoms with Crippen molar-refractivity contribution in [3.05, 3.63) is 59.4 Å². The molecule has 0 aromatic heterocycles. The smallest absolute Gasteiger partial charge is 0.414 e. The Kier molecular flexibility index (Phi) is 6.92. The minimum atomic E-state index is -1.82. The zero-order valence-electron chi connectivity index (χ0n) is 13.8. The van der Waals surface area contributed by atoms with Gasteiger partial charge in [-0.05, 0) is 42.3 Å². The van der Waals surface area contributed by atoms with Gasteiger partial charge >= 0.3 is 11.9 Å². The number of rotatable bonds is 5. The largest absolute Gasteiger partial charge is 0.473 e. The Labute approximate surface area is 149 Å². The van der Waals surface area contributed by atoms with Crippen LogP contribution in [-0.4, -0.2) is 35.5 Å². The first-order valence-corrected chi connectivity index (χ1v) is 7.76. The maximum absolute atomic E-state index is 13.4. The highest BCUT2D eigenvalue weighted by atomic mass is 19.1. The van der Waals surface area contributed by atoms with Crippen LogP contribution in [0.2, 0.25) is 0 Å². The van der Waals surface area contributed by atoms with E-state index in [9.17, 15) is 4.39 Å². The molecule has 0 saturated carbocycles. The van der Waals surface area contributed by atoms with Crippen LogP contribution in [0, 0.1) is 5.82 Å². The van der Waals surface area contributed by atoms with Gasteiger partial charge in [0.25, 0.3) is 0 Å². The highest BCUT2D eigenvalue weighted by Gasteiger charge is 2.12. The summed E-state index contributed by atoms with van der Waals surface area (Å²) in [5.74, 6) is -2.21. The lowest BCUT2D eigenvalue weighted by molar-refractivity contribution is -0.159. The van der Waals surface area contributed by atoms with E-state index in [0.717, 1.165) is 35.7 Å². The summed E-state index contributed by atoms with van der Waals surface area (Å²) < 4.78 is 24.0. The highest BCUT2D eigenvalue weighted by molar-refractivity contribution is 6.27. The predicted molar refractivity (Wildman–Crippen MR) is 89.6 cm³/mol. The van der Waals surface area contributed by atoms with E-state index in [-0.39, 0.29) is 5.82 Å². The van der Waals surface area contributed by atoms with E-state index in [1.54, 1.807) is 6.07 Å². The monoisotopic (exact) mass is 363 g/mol. The summed E-state index contributed by atoms with van der Waals surface area (Å²) >= 11 is 0. The fourth-order valence-electron chi connectivity index (χ4n) is 2.21. The molecule has 0 bridgehead atoms. The number of carbonyl (C=O) groups is 2. The summed E-state index contributed by atoms with van der Waals surface area (Å²) in [4.78, 5) is 18.2. The molecule has 1 aliphatic rings. The molecule has 0 fully saturated rings. The number of ether oxygens (including phenoxy) is 2. The van der Waals surface area contributed by atoms with Crippen LogP contribution in [-0.2, 0) is 22.6 Å². The SMILES string of the molecule is Fc1ccccc1CCNCc1ccc2c(c1)OCO2.O=C(O)C(=O)O. The summed E-state index contributed by atoms with van der Waals surface area (Å²) in [6, 6.07) is 12.8. The van der Waals surface area contributed by atoms with Gasteiger partial charge in [-0.3, -0.25) is 0 Å². The molecule has 0 aliphatic carbocycles. The molecule has 0 saturated heterocycles. The molecule has 3 N–H and O–H groups in total. The molecule has 0 unspecified atom stereocenters. The van der Waals surface area contributed by atoms with Crippen LogP contribution >= 0.6 is 0 Å². The van der Waals surface area contributed by atoms with Crippen molar-refractivity contribution >= 4 is 11.9 Å². The summed E-state index contributed by atoms with van der Waals surface area (Å²) in [5.41, 5.74) is 1.87. The third-order valence-corrected chi connectivity index (χ3v) is 3.48. The van der Waals surface area contributed by atoms with Crippen LogP contribution in [0.1, 0.15) is 11.1 Å². The molecule has 3 rings (SSSR count). The minimum absolute atomic E-state index is 0.141. The zero-order valence-corrected chi connectivity index (χ0v) is 13.8.